The van der Waals surface area contributed by atoms with Gasteiger partial charge in [-0.15, -0.1) is 0 Å². The van der Waals surface area contributed by atoms with Gasteiger partial charge in [-0.3, -0.25) is 4.79 Å². The van der Waals surface area contributed by atoms with Crippen molar-refractivity contribution in [2.24, 2.45) is 0 Å². The zero-order valence-corrected chi connectivity index (χ0v) is 14.9. The number of benzene rings is 2. The molecule has 0 amide bonds. The van der Waals surface area contributed by atoms with E-state index in [2.05, 4.69) is 15.4 Å². The van der Waals surface area contributed by atoms with Crippen molar-refractivity contribution < 1.29 is 18.3 Å². The molecule has 0 atom stereocenters. The van der Waals surface area contributed by atoms with Gasteiger partial charge in [0.25, 0.3) is 5.56 Å². The number of anilines is 2. The fraction of sp³-hybridized carbons (Fsp3) is 0.211. The molecule has 2 N–H and O–H groups in total. The summed E-state index contributed by atoms with van der Waals surface area (Å²) in [6.07, 6.45) is 1.42. The largest absolute Gasteiger partial charge is 0.396 e. The number of halogens is 3. The summed E-state index contributed by atoms with van der Waals surface area (Å²) in [5, 5.41) is 16.0. The smallest absolute Gasteiger partial charge is 0.293 e. The first-order valence-electron chi connectivity index (χ1n) is 8.42. The van der Waals surface area contributed by atoms with Crippen LogP contribution < -0.4 is 10.9 Å². The first-order chi connectivity index (χ1) is 13.4. The second-order valence-electron chi connectivity index (χ2n) is 6.20. The van der Waals surface area contributed by atoms with Gasteiger partial charge < -0.3 is 10.4 Å². The molecular formula is C19H17F3N4O2. The fourth-order valence-electron chi connectivity index (χ4n) is 2.65. The van der Waals surface area contributed by atoms with Gasteiger partial charge in [-0.25, -0.2) is 17.9 Å². The first kappa shape index (κ1) is 19.6. The molecule has 2 aromatic carbocycles. The SMILES string of the molecule is Cc1ccc(CCO)cc1Nc1nc(=O)cnn1Cc1cc(F)c(F)c(F)c1. The van der Waals surface area contributed by atoms with Crippen LogP contribution in [0, 0.1) is 24.4 Å². The highest BCUT2D eigenvalue weighted by Crippen LogP contribution is 2.21. The summed E-state index contributed by atoms with van der Waals surface area (Å²) in [6, 6.07) is 7.22. The van der Waals surface area contributed by atoms with Gasteiger partial charge >= 0.3 is 0 Å². The van der Waals surface area contributed by atoms with Crippen LogP contribution in [0.25, 0.3) is 0 Å². The third kappa shape index (κ3) is 4.37. The molecule has 0 saturated carbocycles. The summed E-state index contributed by atoms with van der Waals surface area (Å²) < 4.78 is 41.4. The monoisotopic (exact) mass is 390 g/mol. The Balaban J connectivity index is 1.96. The molecule has 0 aliphatic carbocycles. The summed E-state index contributed by atoms with van der Waals surface area (Å²) in [4.78, 5) is 15.5. The lowest BCUT2D eigenvalue weighted by Gasteiger charge is -2.15. The zero-order chi connectivity index (χ0) is 20.3. The van der Waals surface area contributed by atoms with Crippen LogP contribution in [0.15, 0.2) is 41.3 Å². The van der Waals surface area contributed by atoms with Gasteiger partial charge in [-0.2, -0.15) is 10.1 Å². The van der Waals surface area contributed by atoms with Crippen LogP contribution >= 0.6 is 0 Å². The molecule has 146 valence electrons. The molecule has 9 heteroatoms. The van der Waals surface area contributed by atoms with Gasteiger partial charge in [0, 0.05) is 12.3 Å². The Kier molecular flexibility index (Phi) is 5.74. The van der Waals surface area contributed by atoms with Gasteiger partial charge in [0.05, 0.1) is 6.54 Å². The summed E-state index contributed by atoms with van der Waals surface area (Å²) >= 11 is 0. The Morgan fingerprint density at radius 3 is 2.50 bits per heavy atom. The van der Waals surface area contributed by atoms with Gasteiger partial charge in [-0.1, -0.05) is 12.1 Å². The number of hydrogen-bond donors (Lipinski definition) is 2. The molecule has 0 radical (unpaired) electrons. The minimum Gasteiger partial charge on any atom is -0.396 e. The van der Waals surface area contributed by atoms with Crippen LogP contribution in [0.4, 0.5) is 24.8 Å². The molecule has 0 saturated heterocycles. The van der Waals surface area contributed by atoms with Gasteiger partial charge in [-0.05, 0) is 48.2 Å². The second kappa shape index (κ2) is 8.22. The van der Waals surface area contributed by atoms with Crippen LogP contribution in [0.1, 0.15) is 16.7 Å². The van der Waals surface area contributed by atoms with E-state index in [9.17, 15) is 18.0 Å². The van der Waals surface area contributed by atoms with E-state index in [1.807, 2.05) is 19.1 Å². The molecule has 1 heterocycles. The molecule has 1 aromatic heterocycles. The molecule has 0 aliphatic rings. The van der Waals surface area contributed by atoms with E-state index in [4.69, 9.17) is 5.11 Å². The van der Waals surface area contributed by atoms with E-state index in [1.54, 1.807) is 6.07 Å². The van der Waals surface area contributed by atoms with Crippen LogP contribution in [0.5, 0.6) is 0 Å². The maximum atomic E-state index is 13.5. The Morgan fingerprint density at radius 1 is 1.11 bits per heavy atom. The Bertz CT molecular complexity index is 1050. The average molecular weight is 390 g/mol. The van der Waals surface area contributed by atoms with E-state index in [-0.39, 0.29) is 24.7 Å². The van der Waals surface area contributed by atoms with E-state index < -0.39 is 23.0 Å². The van der Waals surface area contributed by atoms with E-state index >= 15 is 0 Å². The number of rotatable bonds is 6. The quantitative estimate of drug-likeness (QED) is 0.633. The summed E-state index contributed by atoms with van der Waals surface area (Å²) in [6.45, 7) is 1.69. The molecule has 0 aliphatic heterocycles. The number of aliphatic hydroxyl groups is 1. The van der Waals surface area contributed by atoms with Gasteiger partial charge in [0.15, 0.2) is 17.5 Å². The highest BCUT2D eigenvalue weighted by molar-refractivity contribution is 5.59. The predicted molar refractivity (Wildman–Crippen MR) is 97.0 cm³/mol. The third-order valence-electron chi connectivity index (χ3n) is 4.09. The van der Waals surface area contributed by atoms with E-state index in [1.165, 1.54) is 4.68 Å². The number of aromatic nitrogens is 3. The van der Waals surface area contributed by atoms with Gasteiger partial charge in [0.2, 0.25) is 5.95 Å². The fourth-order valence-corrected chi connectivity index (χ4v) is 2.65. The van der Waals surface area contributed by atoms with Crippen molar-refractivity contribution in [3.05, 3.63) is 81.0 Å². The van der Waals surface area contributed by atoms with E-state index in [0.717, 1.165) is 29.5 Å². The molecule has 0 fully saturated rings. The molecule has 3 rings (SSSR count). The molecular weight excluding hydrogens is 373 g/mol. The molecule has 6 nitrogen and oxygen atoms in total. The number of nitrogens with one attached hydrogen (secondary N) is 1. The molecule has 28 heavy (non-hydrogen) atoms. The molecule has 0 unspecified atom stereocenters. The summed E-state index contributed by atoms with van der Waals surface area (Å²) in [5.41, 5.74) is 1.87. The van der Waals surface area contributed by atoms with Crippen molar-refractivity contribution in [1.29, 1.82) is 0 Å². The minimum atomic E-state index is -1.55. The summed E-state index contributed by atoms with van der Waals surface area (Å²) in [7, 11) is 0. The van der Waals surface area contributed by atoms with Crippen LogP contribution in [0.2, 0.25) is 0 Å². The third-order valence-corrected chi connectivity index (χ3v) is 4.09. The predicted octanol–water partition coefficient (Wildman–Crippen LogP) is 2.69. The maximum absolute atomic E-state index is 13.5. The second-order valence-corrected chi connectivity index (χ2v) is 6.20. The van der Waals surface area contributed by atoms with Crippen LogP contribution in [-0.4, -0.2) is 26.5 Å². The van der Waals surface area contributed by atoms with E-state index in [0.29, 0.717) is 12.1 Å². The molecule has 0 bridgehead atoms. The van der Waals surface area contributed by atoms with Crippen LogP contribution in [-0.2, 0) is 13.0 Å². The lowest BCUT2D eigenvalue weighted by Crippen LogP contribution is -2.19. The molecule has 0 spiro atoms. The Morgan fingerprint density at radius 2 is 1.82 bits per heavy atom. The van der Waals surface area contributed by atoms with Crippen molar-refractivity contribution in [3.63, 3.8) is 0 Å². The maximum Gasteiger partial charge on any atom is 0.293 e. The van der Waals surface area contributed by atoms with Crippen molar-refractivity contribution >= 4 is 11.6 Å². The number of aryl methyl sites for hydroxylation is 1. The minimum absolute atomic E-state index is 0.0138. The van der Waals surface area contributed by atoms with Crippen LogP contribution in [0.3, 0.4) is 0 Å². The first-order valence-corrected chi connectivity index (χ1v) is 8.42. The lowest BCUT2D eigenvalue weighted by molar-refractivity contribution is 0.299. The van der Waals surface area contributed by atoms with Crippen molar-refractivity contribution in [3.8, 4) is 0 Å². The highest BCUT2D eigenvalue weighted by Gasteiger charge is 2.13. The van der Waals surface area contributed by atoms with Gasteiger partial charge in [0.1, 0.15) is 6.20 Å². The average Bonchev–Trinajstić information content (AvgIpc) is 2.65. The normalized spacial score (nSPS) is 10.9. The highest BCUT2D eigenvalue weighted by atomic mass is 19.2. The van der Waals surface area contributed by atoms with Crippen molar-refractivity contribution in [2.75, 3.05) is 11.9 Å². The Hall–Kier alpha value is -3.20. The molecule has 3 aromatic rings. The number of nitrogens with zero attached hydrogens (tertiary/aromatic N) is 3. The topological polar surface area (TPSA) is 80.0 Å². The number of hydrogen-bond acceptors (Lipinski definition) is 5. The zero-order valence-electron chi connectivity index (χ0n) is 14.9. The lowest BCUT2D eigenvalue weighted by atomic mass is 10.1. The van der Waals surface area contributed by atoms with Crippen molar-refractivity contribution in [1.82, 2.24) is 14.8 Å². The standard InChI is InChI=1S/C19H17F3N4O2/c1-11-2-3-12(4-5-27)8-16(11)24-19-25-17(28)9-23-26(19)10-13-6-14(20)18(22)15(21)7-13/h2-3,6-9,27H,4-5,10H2,1H3,(H,24,25,28). The van der Waals surface area contributed by atoms with Crippen molar-refractivity contribution in [2.45, 2.75) is 19.9 Å². The Labute approximate surface area is 158 Å². The summed E-state index contributed by atoms with van der Waals surface area (Å²) in [5.74, 6) is -4.12. The number of aliphatic hydroxyl groups excluding tert-OH is 1.